The number of carbonyl (C=O) groups excluding carboxylic acids is 4. The van der Waals surface area contributed by atoms with Gasteiger partial charge in [-0.05, 0) is 56.1 Å². The Hall–Kier alpha value is -3.92. The van der Waals surface area contributed by atoms with Gasteiger partial charge in [0.05, 0.1) is 20.2 Å². The summed E-state index contributed by atoms with van der Waals surface area (Å²) in [6.07, 6.45) is 0.985. The molecule has 1 atom stereocenters. The highest BCUT2D eigenvalue weighted by Gasteiger charge is 2.48. The highest BCUT2D eigenvalue weighted by atomic mass is 16.5. The summed E-state index contributed by atoms with van der Waals surface area (Å²) in [7, 11) is 1.56. The van der Waals surface area contributed by atoms with E-state index >= 15 is 0 Å². The number of hydrogen-bond acceptors (Lipinski definition) is 6. The first-order valence-corrected chi connectivity index (χ1v) is 11.4. The molecule has 1 unspecified atom stereocenters. The van der Waals surface area contributed by atoms with E-state index < -0.39 is 23.4 Å². The van der Waals surface area contributed by atoms with Gasteiger partial charge in [0.2, 0.25) is 5.91 Å². The number of carbonyl (C=O) groups is 4. The van der Waals surface area contributed by atoms with Crippen LogP contribution < -0.4 is 20.8 Å². The van der Waals surface area contributed by atoms with Crippen molar-refractivity contribution < 1.29 is 23.9 Å². The van der Waals surface area contributed by atoms with Gasteiger partial charge in [0, 0.05) is 5.69 Å². The summed E-state index contributed by atoms with van der Waals surface area (Å²) in [5.41, 5.74) is 2.90. The summed E-state index contributed by atoms with van der Waals surface area (Å²) in [6.45, 7) is 3.67. The number of ether oxygens (including phenoxy) is 1. The Morgan fingerprint density at radius 3 is 2.31 bits per heavy atom. The van der Waals surface area contributed by atoms with Crippen molar-refractivity contribution in [1.82, 2.24) is 20.7 Å². The SMILES string of the molecule is CCN(CC(=O)Nc1ccc(OC)cc1)CC(=O)NN1C(=O)NC(C)(CCc2ccccc2)C1=O. The molecule has 0 aromatic heterocycles. The molecule has 35 heavy (non-hydrogen) atoms. The van der Waals surface area contributed by atoms with Crippen molar-refractivity contribution in [3.05, 3.63) is 60.2 Å². The van der Waals surface area contributed by atoms with Gasteiger partial charge in [-0.25, -0.2) is 4.79 Å². The molecule has 1 aliphatic rings. The molecule has 10 nitrogen and oxygen atoms in total. The van der Waals surface area contributed by atoms with Crippen molar-refractivity contribution in [2.45, 2.75) is 32.2 Å². The normalized spacial score (nSPS) is 17.3. The molecular weight excluding hydrogens is 450 g/mol. The number of likely N-dealkylation sites (N-methyl/N-ethyl adjacent to an activating group) is 1. The van der Waals surface area contributed by atoms with Crippen LogP contribution in [-0.4, -0.2) is 65.9 Å². The molecule has 1 fully saturated rings. The molecule has 0 spiro atoms. The molecule has 3 N–H and O–H groups in total. The first-order valence-electron chi connectivity index (χ1n) is 11.4. The molecule has 0 bridgehead atoms. The molecule has 2 aromatic carbocycles. The summed E-state index contributed by atoms with van der Waals surface area (Å²) in [5, 5.41) is 6.16. The lowest BCUT2D eigenvalue weighted by Crippen LogP contribution is -2.51. The summed E-state index contributed by atoms with van der Waals surface area (Å²) < 4.78 is 5.09. The fraction of sp³-hybridized carbons (Fsp3) is 0.360. The molecule has 3 rings (SSSR count). The number of anilines is 1. The fourth-order valence-electron chi connectivity index (χ4n) is 3.71. The van der Waals surface area contributed by atoms with Crippen LogP contribution >= 0.6 is 0 Å². The molecule has 1 saturated heterocycles. The average Bonchev–Trinajstić information content (AvgIpc) is 3.06. The Morgan fingerprint density at radius 1 is 1.03 bits per heavy atom. The molecule has 1 heterocycles. The Bertz CT molecular complexity index is 1060. The van der Waals surface area contributed by atoms with E-state index in [-0.39, 0.29) is 19.0 Å². The number of methoxy groups -OCH3 is 1. The van der Waals surface area contributed by atoms with E-state index in [9.17, 15) is 19.2 Å². The third kappa shape index (κ3) is 6.80. The lowest BCUT2D eigenvalue weighted by atomic mass is 9.93. The van der Waals surface area contributed by atoms with Crippen molar-refractivity contribution in [3.8, 4) is 5.75 Å². The zero-order valence-electron chi connectivity index (χ0n) is 20.2. The van der Waals surface area contributed by atoms with Crippen molar-refractivity contribution in [3.63, 3.8) is 0 Å². The minimum atomic E-state index is -1.12. The first kappa shape index (κ1) is 25.7. The Morgan fingerprint density at radius 2 is 1.69 bits per heavy atom. The summed E-state index contributed by atoms with van der Waals surface area (Å²) >= 11 is 0. The smallest absolute Gasteiger partial charge is 0.344 e. The van der Waals surface area contributed by atoms with Crippen molar-refractivity contribution in [2.75, 3.05) is 32.1 Å². The Kier molecular flexibility index (Phi) is 8.43. The molecule has 0 saturated carbocycles. The minimum absolute atomic E-state index is 0.0368. The van der Waals surface area contributed by atoms with Crippen LogP contribution in [-0.2, 0) is 20.8 Å². The lowest BCUT2D eigenvalue weighted by Gasteiger charge is -2.23. The van der Waals surface area contributed by atoms with E-state index in [0.717, 1.165) is 10.6 Å². The predicted molar refractivity (Wildman–Crippen MR) is 130 cm³/mol. The largest absolute Gasteiger partial charge is 0.497 e. The molecule has 10 heteroatoms. The number of hydrazine groups is 1. The maximum atomic E-state index is 12.9. The number of aryl methyl sites for hydroxylation is 1. The van der Waals surface area contributed by atoms with Gasteiger partial charge < -0.3 is 15.4 Å². The lowest BCUT2D eigenvalue weighted by molar-refractivity contribution is -0.139. The zero-order valence-corrected chi connectivity index (χ0v) is 20.2. The second-order valence-electron chi connectivity index (χ2n) is 8.50. The monoisotopic (exact) mass is 481 g/mol. The topological polar surface area (TPSA) is 120 Å². The number of amides is 5. The number of urea groups is 1. The number of nitrogens with one attached hydrogen (secondary N) is 3. The van der Waals surface area contributed by atoms with Crippen LogP contribution in [0.15, 0.2) is 54.6 Å². The van der Waals surface area contributed by atoms with Crippen molar-refractivity contribution in [2.24, 2.45) is 0 Å². The Balaban J connectivity index is 1.51. The quantitative estimate of drug-likeness (QED) is 0.422. The van der Waals surface area contributed by atoms with Crippen molar-refractivity contribution >= 4 is 29.4 Å². The van der Waals surface area contributed by atoms with Gasteiger partial charge in [0.25, 0.3) is 11.8 Å². The van der Waals surface area contributed by atoms with E-state index in [0.29, 0.717) is 30.8 Å². The van der Waals surface area contributed by atoms with Crippen LogP contribution in [0.3, 0.4) is 0 Å². The standard InChI is InChI=1S/C25H31N5O5/c1-4-29(16-21(31)26-19-10-12-20(35-3)13-11-19)17-22(32)28-30-23(33)25(2,27-24(30)34)15-14-18-8-6-5-7-9-18/h5-13H,4,14-17H2,1-3H3,(H,26,31)(H,27,34)(H,28,32). The van der Waals surface area contributed by atoms with Gasteiger partial charge >= 0.3 is 6.03 Å². The fourth-order valence-corrected chi connectivity index (χ4v) is 3.71. The molecule has 5 amide bonds. The maximum Gasteiger partial charge on any atom is 0.344 e. The van der Waals surface area contributed by atoms with Crippen LogP contribution in [0.4, 0.5) is 10.5 Å². The summed E-state index contributed by atoms with van der Waals surface area (Å²) in [5.74, 6) is -0.716. The maximum absolute atomic E-state index is 12.9. The highest BCUT2D eigenvalue weighted by molar-refractivity contribution is 6.07. The second kappa shape index (κ2) is 11.5. The Labute approximate surface area is 204 Å². The molecule has 0 radical (unpaired) electrons. The molecular formula is C25H31N5O5. The van der Waals surface area contributed by atoms with E-state index in [1.165, 1.54) is 0 Å². The molecule has 1 aliphatic heterocycles. The highest BCUT2D eigenvalue weighted by Crippen LogP contribution is 2.22. The molecule has 186 valence electrons. The van der Waals surface area contributed by atoms with Gasteiger partial charge in [0.15, 0.2) is 0 Å². The van der Waals surface area contributed by atoms with Crippen LogP contribution in [0, 0.1) is 0 Å². The number of nitrogens with zero attached hydrogens (tertiary/aromatic N) is 2. The summed E-state index contributed by atoms with van der Waals surface area (Å²) in [4.78, 5) is 51.9. The van der Waals surface area contributed by atoms with Crippen LogP contribution in [0.5, 0.6) is 5.75 Å². The molecule has 0 aliphatic carbocycles. The first-order chi connectivity index (χ1) is 16.7. The average molecular weight is 482 g/mol. The van der Waals surface area contributed by atoms with Crippen molar-refractivity contribution in [1.29, 1.82) is 0 Å². The summed E-state index contributed by atoms with van der Waals surface area (Å²) in [6, 6.07) is 15.8. The van der Waals surface area contributed by atoms with Crippen LogP contribution in [0.25, 0.3) is 0 Å². The minimum Gasteiger partial charge on any atom is -0.497 e. The number of hydrogen-bond donors (Lipinski definition) is 3. The molecule has 2 aromatic rings. The van der Waals surface area contributed by atoms with Gasteiger partial charge in [0.1, 0.15) is 11.3 Å². The number of benzene rings is 2. The predicted octanol–water partition coefficient (Wildman–Crippen LogP) is 1.93. The van der Waals surface area contributed by atoms with Gasteiger partial charge in [-0.1, -0.05) is 37.3 Å². The van der Waals surface area contributed by atoms with Gasteiger partial charge in [-0.15, -0.1) is 0 Å². The third-order valence-corrected chi connectivity index (χ3v) is 5.81. The third-order valence-electron chi connectivity index (χ3n) is 5.81. The van der Waals surface area contributed by atoms with Gasteiger partial charge in [-0.2, -0.15) is 5.01 Å². The van der Waals surface area contributed by atoms with Gasteiger partial charge in [-0.3, -0.25) is 24.7 Å². The van der Waals surface area contributed by atoms with E-state index in [2.05, 4.69) is 16.1 Å². The number of rotatable bonds is 11. The number of imide groups is 1. The van der Waals surface area contributed by atoms with E-state index in [1.807, 2.05) is 37.3 Å². The van der Waals surface area contributed by atoms with E-state index in [4.69, 9.17) is 4.74 Å². The second-order valence-corrected chi connectivity index (χ2v) is 8.50. The zero-order chi connectivity index (χ0) is 25.4. The van der Waals surface area contributed by atoms with E-state index in [1.54, 1.807) is 43.2 Å². The van der Waals surface area contributed by atoms with Crippen LogP contribution in [0.1, 0.15) is 25.8 Å². The van der Waals surface area contributed by atoms with Crippen LogP contribution in [0.2, 0.25) is 0 Å².